The van der Waals surface area contributed by atoms with Gasteiger partial charge in [0.2, 0.25) is 5.91 Å². The number of carbonyl (C=O) groups excluding carboxylic acids is 4. The largest absolute Gasteiger partial charge is 0.679 e. The van der Waals surface area contributed by atoms with E-state index in [9.17, 15) is 27.6 Å². The summed E-state index contributed by atoms with van der Waals surface area (Å²) in [6, 6.07) is 33.5. The molecule has 2 aliphatic rings. The molecule has 0 bridgehead atoms. The third-order valence-electron chi connectivity index (χ3n) is 9.90. The molecule has 0 unspecified atom stereocenters. The van der Waals surface area contributed by atoms with E-state index >= 15 is 8.63 Å². The molecule has 1 fully saturated rings. The number of ether oxygens (including phenoxy) is 2. The first-order valence-electron chi connectivity index (χ1n) is 20.1. The summed E-state index contributed by atoms with van der Waals surface area (Å²) in [5.74, 6) is -1.91. The van der Waals surface area contributed by atoms with E-state index in [2.05, 4.69) is 5.32 Å². The highest BCUT2D eigenvalue weighted by Crippen LogP contribution is 2.41. The number of hydrogen-bond donors (Lipinski definition) is 2. The lowest BCUT2D eigenvalue weighted by atomic mass is 10.0. The second-order valence-corrected chi connectivity index (χ2v) is 16.0. The zero-order chi connectivity index (χ0) is 45.2. The molecule has 19 heteroatoms. The first-order valence-corrected chi connectivity index (χ1v) is 21.7. The van der Waals surface area contributed by atoms with Gasteiger partial charge in [0, 0.05) is 41.7 Å². The van der Waals surface area contributed by atoms with E-state index < -0.39 is 47.0 Å². The van der Waals surface area contributed by atoms with Gasteiger partial charge in [0.05, 0.1) is 31.0 Å². The molecule has 5 aromatic rings. The van der Waals surface area contributed by atoms with Crippen molar-refractivity contribution < 1.29 is 55.1 Å². The first-order chi connectivity index (χ1) is 30.8. The molecule has 64 heavy (non-hydrogen) atoms. The van der Waals surface area contributed by atoms with Crippen molar-refractivity contribution in [3.05, 3.63) is 132 Å². The molecule has 0 saturated carbocycles. The number of hydroxylamine groups is 2. The Morgan fingerprint density at radius 3 is 1.98 bits per heavy atom. The first kappa shape index (κ1) is 44.8. The van der Waals surface area contributed by atoms with Crippen molar-refractivity contribution in [1.29, 1.82) is 0 Å². The fourth-order valence-electron chi connectivity index (χ4n) is 6.79. The molecule has 2 aliphatic heterocycles. The summed E-state index contributed by atoms with van der Waals surface area (Å²) in [5, 5.41) is 3.07. The number of halogens is 2. The van der Waals surface area contributed by atoms with Crippen molar-refractivity contribution in [2.45, 2.75) is 32.1 Å². The molecule has 1 saturated heterocycles. The lowest BCUT2D eigenvalue weighted by Crippen LogP contribution is -2.33. The van der Waals surface area contributed by atoms with Gasteiger partial charge in [-0.1, -0.05) is 60.7 Å². The topological polar surface area (TPSA) is 195 Å². The fraction of sp³-hybridized carbons (Fsp3) is 0.200. The summed E-state index contributed by atoms with van der Waals surface area (Å²) in [6.45, 7) is 0.256. The number of amidine groups is 1. The highest BCUT2D eigenvalue weighted by molar-refractivity contribution is 7.85. The predicted octanol–water partition coefficient (Wildman–Crippen LogP) is 6.75. The van der Waals surface area contributed by atoms with Gasteiger partial charge < -0.3 is 24.1 Å². The van der Waals surface area contributed by atoms with Crippen molar-refractivity contribution in [2.24, 2.45) is 9.98 Å². The molecule has 4 aromatic carbocycles. The van der Waals surface area contributed by atoms with E-state index in [0.717, 1.165) is 10.0 Å². The number of carbonyl (C=O) groups is 4. The summed E-state index contributed by atoms with van der Waals surface area (Å²) >= 11 is 0. The van der Waals surface area contributed by atoms with Crippen LogP contribution in [0.5, 0.6) is 11.5 Å². The normalized spacial score (nSPS) is 14.4. The number of nitrogens with zero attached hydrogens (tertiary/aromatic N) is 4. The Bertz CT molecular complexity index is 2710. The number of rotatable bonds is 19. The van der Waals surface area contributed by atoms with Crippen LogP contribution in [0.25, 0.3) is 28.0 Å². The Morgan fingerprint density at radius 1 is 0.781 bits per heavy atom. The average molecular weight is 892 g/mol. The molecule has 3 amide bonds. The van der Waals surface area contributed by atoms with Gasteiger partial charge >= 0.3 is 13.4 Å². The molecule has 7 rings (SSSR count). The highest BCUT2D eigenvalue weighted by atomic mass is 32.2. The number of aromatic nitrogens is 1. The van der Waals surface area contributed by atoms with Gasteiger partial charge in [-0.25, -0.2) is 14.8 Å². The molecule has 0 spiro atoms. The Hall–Kier alpha value is -7.25. The second-order valence-electron chi connectivity index (χ2n) is 14.4. The maximum atomic E-state index is 15.3. The SMILES string of the molecule is O=C(CCC(=O)ON1C(=O)CCC1=O)NCCOc1ccc(C2=NC(=Nc3c(-c4ccccc4)cc(-c4ccc(OCCCS(=O)(=O)O)cc4)n3B(F)F)C(c3ccccc3)=C2)cc1. The minimum atomic E-state index is -4.13. The molecule has 15 nitrogen and oxygen atoms in total. The van der Waals surface area contributed by atoms with Crippen LogP contribution in [-0.2, 0) is 34.1 Å². The van der Waals surface area contributed by atoms with Crippen molar-refractivity contribution in [3.63, 3.8) is 0 Å². The van der Waals surface area contributed by atoms with Gasteiger partial charge in [0.1, 0.15) is 23.9 Å². The van der Waals surface area contributed by atoms with Crippen molar-refractivity contribution in [1.82, 2.24) is 14.9 Å². The monoisotopic (exact) mass is 891 g/mol. The van der Waals surface area contributed by atoms with Crippen molar-refractivity contribution in [2.75, 3.05) is 25.5 Å². The Morgan fingerprint density at radius 2 is 1.38 bits per heavy atom. The van der Waals surface area contributed by atoms with E-state index in [1.54, 1.807) is 66.7 Å². The molecule has 328 valence electrons. The Kier molecular flexibility index (Phi) is 14.2. The van der Waals surface area contributed by atoms with E-state index in [0.29, 0.717) is 50.1 Å². The van der Waals surface area contributed by atoms with Crippen LogP contribution < -0.4 is 14.8 Å². The van der Waals surface area contributed by atoms with Crippen LogP contribution in [0.2, 0.25) is 0 Å². The lowest BCUT2D eigenvalue weighted by molar-refractivity contribution is -0.197. The smallest absolute Gasteiger partial charge is 0.494 e. The second kappa shape index (κ2) is 20.3. The molecule has 3 heterocycles. The molecule has 0 radical (unpaired) electrons. The number of hydrogen-bond acceptors (Lipinski definition) is 10. The van der Waals surface area contributed by atoms with Crippen LogP contribution in [0.1, 0.15) is 43.2 Å². The fourth-order valence-corrected chi connectivity index (χ4v) is 7.28. The van der Waals surface area contributed by atoms with Crippen LogP contribution in [0.15, 0.2) is 131 Å². The van der Waals surface area contributed by atoms with Crippen LogP contribution in [0, 0.1) is 0 Å². The summed E-state index contributed by atoms with van der Waals surface area (Å²) in [6.07, 6.45) is 1.30. The maximum Gasteiger partial charge on any atom is 0.679 e. The Balaban J connectivity index is 1.08. The van der Waals surface area contributed by atoms with Gasteiger partial charge in [0.15, 0.2) is 5.84 Å². The summed E-state index contributed by atoms with van der Waals surface area (Å²) in [4.78, 5) is 62.0. The van der Waals surface area contributed by atoms with Gasteiger partial charge in [-0.3, -0.25) is 27.6 Å². The standard InChI is InChI=1S/C45H40BF2N5O10S/c47-46(48)52-39(33-14-18-34(19-15-33)61-25-7-27-64(58,59)60)29-37(31-10-5-2-6-11-31)45(52)51-44-36(30-8-3-1-4-9-30)28-38(50-44)32-12-16-35(17-13-32)62-26-24-49-40(54)20-23-43(57)63-53-41(55)21-22-42(53)56/h1-6,8-19,28-29H,7,20-27H2,(H,49,54)(H,58,59,60). The third-order valence-corrected chi connectivity index (χ3v) is 10.7. The molecular formula is C45H40BF2N5O10S. The van der Waals surface area contributed by atoms with E-state index in [-0.39, 0.29) is 69.2 Å². The van der Waals surface area contributed by atoms with Crippen LogP contribution >= 0.6 is 0 Å². The number of imide groups is 1. The molecule has 0 aliphatic carbocycles. The van der Waals surface area contributed by atoms with E-state index in [1.807, 2.05) is 54.6 Å². The van der Waals surface area contributed by atoms with Crippen LogP contribution in [0.3, 0.4) is 0 Å². The third kappa shape index (κ3) is 11.4. The van der Waals surface area contributed by atoms with E-state index in [4.69, 9.17) is 28.8 Å². The summed E-state index contributed by atoms with van der Waals surface area (Å²) in [5.41, 5.74) is 4.31. The lowest BCUT2D eigenvalue weighted by Gasteiger charge is -2.12. The highest BCUT2D eigenvalue weighted by Gasteiger charge is 2.33. The summed E-state index contributed by atoms with van der Waals surface area (Å²) < 4.78 is 74.0. The maximum absolute atomic E-state index is 15.3. The summed E-state index contributed by atoms with van der Waals surface area (Å²) in [7, 11) is -7.14. The van der Waals surface area contributed by atoms with Crippen molar-refractivity contribution in [3.8, 4) is 33.9 Å². The number of aliphatic imine (C=N–C) groups is 2. The van der Waals surface area contributed by atoms with Gasteiger partial charge in [-0.05, 0) is 83.8 Å². The number of allylic oxidation sites excluding steroid dienone is 1. The van der Waals surface area contributed by atoms with Gasteiger partial charge in [0.25, 0.3) is 21.9 Å². The molecular weight excluding hydrogens is 851 g/mol. The van der Waals surface area contributed by atoms with E-state index in [1.165, 1.54) is 0 Å². The minimum absolute atomic E-state index is 0.0191. The number of nitrogens with one attached hydrogen (secondary N) is 1. The Labute approximate surface area is 367 Å². The molecule has 2 N–H and O–H groups in total. The van der Waals surface area contributed by atoms with Gasteiger partial charge in [-0.15, -0.1) is 5.06 Å². The average Bonchev–Trinajstić information content (AvgIpc) is 3.99. The predicted molar refractivity (Wildman–Crippen MR) is 235 cm³/mol. The number of amides is 3. The number of benzene rings is 4. The van der Waals surface area contributed by atoms with Crippen LogP contribution in [0.4, 0.5) is 14.4 Å². The van der Waals surface area contributed by atoms with Gasteiger partial charge in [-0.2, -0.15) is 8.42 Å². The molecule has 0 atom stereocenters. The molecule has 1 aromatic heterocycles. The quantitative estimate of drug-likeness (QED) is 0.0388. The zero-order valence-electron chi connectivity index (χ0n) is 34.1. The van der Waals surface area contributed by atoms with Crippen LogP contribution in [-0.4, -0.2) is 90.7 Å². The zero-order valence-corrected chi connectivity index (χ0v) is 34.9. The van der Waals surface area contributed by atoms with Crippen molar-refractivity contribution >= 4 is 64.1 Å². The minimum Gasteiger partial charge on any atom is -0.494 e.